The molecule has 9 nitrogen and oxygen atoms in total. The largest absolute Gasteiger partial charge is 0.493 e. The van der Waals surface area contributed by atoms with Crippen molar-refractivity contribution < 1.29 is 38.4 Å². The van der Waals surface area contributed by atoms with Crippen LogP contribution in [0.1, 0.15) is 29.8 Å². The summed E-state index contributed by atoms with van der Waals surface area (Å²) in [5, 5.41) is 11.6. The number of carboxylic acid groups (broad SMARTS) is 1. The van der Waals surface area contributed by atoms with Crippen molar-refractivity contribution in [3.8, 4) is 23.0 Å². The van der Waals surface area contributed by atoms with Gasteiger partial charge >= 0.3 is 5.97 Å². The Morgan fingerprint density at radius 3 is 2.45 bits per heavy atom. The van der Waals surface area contributed by atoms with Gasteiger partial charge in [-0.1, -0.05) is 19.9 Å². The average molecular weight is 455 g/mol. The van der Waals surface area contributed by atoms with Crippen molar-refractivity contribution in [2.24, 2.45) is 5.92 Å². The van der Waals surface area contributed by atoms with E-state index >= 15 is 0 Å². The summed E-state index contributed by atoms with van der Waals surface area (Å²) in [5.74, 6) is -0.419. The van der Waals surface area contributed by atoms with Crippen LogP contribution in [0.15, 0.2) is 42.2 Å². The molecule has 0 spiro atoms. The van der Waals surface area contributed by atoms with E-state index in [4.69, 9.17) is 18.9 Å². The normalized spacial score (nSPS) is 14.5. The number of fused-ring (bicyclic) bond motifs is 1. The van der Waals surface area contributed by atoms with Gasteiger partial charge in [0, 0.05) is 6.07 Å². The van der Waals surface area contributed by atoms with E-state index in [-0.39, 0.29) is 24.1 Å². The first-order chi connectivity index (χ1) is 15.7. The third-order valence-corrected chi connectivity index (χ3v) is 4.97. The molecule has 1 amide bonds. The zero-order valence-corrected chi connectivity index (χ0v) is 18.7. The number of aliphatic carboxylic acids is 1. The van der Waals surface area contributed by atoms with Crippen LogP contribution < -0.4 is 24.3 Å². The van der Waals surface area contributed by atoms with E-state index in [1.54, 1.807) is 50.3 Å². The zero-order valence-electron chi connectivity index (χ0n) is 18.7. The molecule has 0 aromatic heterocycles. The van der Waals surface area contributed by atoms with Gasteiger partial charge in [-0.3, -0.25) is 9.59 Å². The zero-order chi connectivity index (χ0) is 24.1. The lowest BCUT2D eigenvalue weighted by Gasteiger charge is -2.18. The Morgan fingerprint density at radius 1 is 1.09 bits per heavy atom. The van der Waals surface area contributed by atoms with Crippen LogP contribution in [0.3, 0.4) is 0 Å². The maximum atomic E-state index is 12.7. The van der Waals surface area contributed by atoms with Gasteiger partial charge in [0.1, 0.15) is 17.5 Å². The molecule has 1 heterocycles. The molecule has 1 unspecified atom stereocenters. The van der Waals surface area contributed by atoms with Crippen LogP contribution in [0.2, 0.25) is 0 Å². The van der Waals surface area contributed by atoms with Crippen molar-refractivity contribution in [2.45, 2.75) is 19.9 Å². The Balaban J connectivity index is 1.69. The fourth-order valence-electron chi connectivity index (χ4n) is 3.23. The summed E-state index contributed by atoms with van der Waals surface area (Å²) in [5.41, 5.74) is 1.05. The fourth-order valence-corrected chi connectivity index (χ4v) is 3.23. The third kappa shape index (κ3) is 5.43. The van der Waals surface area contributed by atoms with Gasteiger partial charge < -0.3 is 29.4 Å². The van der Waals surface area contributed by atoms with Crippen LogP contribution in [0.5, 0.6) is 23.0 Å². The van der Waals surface area contributed by atoms with Gasteiger partial charge in [-0.05, 0) is 41.8 Å². The molecule has 1 atom stereocenters. The molecule has 2 aromatic rings. The summed E-state index contributed by atoms with van der Waals surface area (Å²) in [4.78, 5) is 36.0. The number of ketones is 1. The van der Waals surface area contributed by atoms with E-state index in [0.29, 0.717) is 34.1 Å². The number of ether oxygens (including phenoxy) is 4. The first-order valence-corrected chi connectivity index (χ1v) is 10.2. The quantitative estimate of drug-likeness (QED) is 0.554. The lowest BCUT2D eigenvalue weighted by Crippen LogP contribution is -2.46. The highest BCUT2D eigenvalue weighted by molar-refractivity contribution is 6.14. The number of Topliss-reactive ketones (excluding diaryl/α,β-unsaturated/α-hetero) is 1. The number of nitrogens with one attached hydrogen (secondary N) is 1. The van der Waals surface area contributed by atoms with Crippen molar-refractivity contribution in [1.29, 1.82) is 0 Å². The minimum absolute atomic E-state index is 0.133. The van der Waals surface area contributed by atoms with Gasteiger partial charge in [0.25, 0.3) is 5.91 Å². The van der Waals surface area contributed by atoms with Gasteiger partial charge in [0.2, 0.25) is 5.78 Å². The maximum absolute atomic E-state index is 12.7. The molecule has 1 aliphatic heterocycles. The predicted molar refractivity (Wildman–Crippen MR) is 119 cm³/mol. The topological polar surface area (TPSA) is 120 Å². The summed E-state index contributed by atoms with van der Waals surface area (Å²) in [6, 6.07) is 8.81. The monoisotopic (exact) mass is 455 g/mol. The van der Waals surface area contributed by atoms with Crippen LogP contribution in [0.4, 0.5) is 0 Å². The smallest absolute Gasteiger partial charge is 0.326 e. The van der Waals surface area contributed by atoms with Crippen molar-refractivity contribution in [3.63, 3.8) is 0 Å². The number of hydrogen-bond donors (Lipinski definition) is 2. The molecular formula is C24H25NO8. The number of rotatable bonds is 9. The highest BCUT2D eigenvalue weighted by Gasteiger charge is 2.28. The van der Waals surface area contributed by atoms with Gasteiger partial charge in [0.15, 0.2) is 23.9 Å². The first-order valence-electron chi connectivity index (χ1n) is 10.2. The molecule has 3 rings (SSSR count). The number of hydrogen-bond acceptors (Lipinski definition) is 7. The molecule has 0 saturated carbocycles. The Hall–Kier alpha value is -4.01. The SMILES string of the molecule is COc1ccc(/C=C2/Oc3cc(OCC(=O)NC(C(=O)O)C(C)C)ccc3C2=O)cc1OC. The van der Waals surface area contributed by atoms with Crippen LogP contribution >= 0.6 is 0 Å². The maximum Gasteiger partial charge on any atom is 0.326 e. The van der Waals surface area contributed by atoms with Crippen molar-refractivity contribution in [1.82, 2.24) is 5.32 Å². The third-order valence-electron chi connectivity index (χ3n) is 4.97. The molecule has 0 bridgehead atoms. The minimum Gasteiger partial charge on any atom is -0.493 e. The molecule has 2 aromatic carbocycles. The molecule has 0 saturated heterocycles. The summed E-state index contributed by atoms with van der Waals surface area (Å²) in [6.07, 6.45) is 1.59. The van der Waals surface area contributed by atoms with E-state index in [1.165, 1.54) is 20.3 Å². The summed E-state index contributed by atoms with van der Waals surface area (Å²) < 4.78 is 21.7. The molecule has 9 heteroatoms. The summed E-state index contributed by atoms with van der Waals surface area (Å²) >= 11 is 0. The Morgan fingerprint density at radius 2 is 1.82 bits per heavy atom. The lowest BCUT2D eigenvalue weighted by molar-refractivity contribution is -0.143. The Labute approximate surface area is 190 Å². The molecule has 0 fully saturated rings. The lowest BCUT2D eigenvalue weighted by atomic mass is 10.1. The number of carbonyl (C=O) groups excluding carboxylic acids is 2. The number of carbonyl (C=O) groups is 3. The van der Waals surface area contributed by atoms with E-state index in [9.17, 15) is 19.5 Å². The van der Waals surface area contributed by atoms with Crippen LogP contribution in [-0.2, 0) is 9.59 Å². The number of carboxylic acids is 1. The number of benzene rings is 2. The minimum atomic E-state index is -1.11. The molecule has 0 radical (unpaired) electrons. The summed E-state index contributed by atoms with van der Waals surface area (Å²) in [6.45, 7) is 3.02. The molecular weight excluding hydrogens is 430 g/mol. The standard InChI is InChI=1S/C24H25NO8/c1-13(2)22(24(28)29)25-21(26)12-32-15-6-7-16-18(11-15)33-20(23(16)27)10-14-5-8-17(30-3)19(9-14)31-4/h5-11,13,22H,12H2,1-4H3,(H,25,26)(H,28,29)/b20-10+. The molecule has 2 N–H and O–H groups in total. The second-order valence-corrected chi connectivity index (χ2v) is 7.63. The Bertz CT molecular complexity index is 1110. The second kappa shape index (κ2) is 10.1. The van der Waals surface area contributed by atoms with Crippen molar-refractivity contribution in [2.75, 3.05) is 20.8 Å². The van der Waals surface area contributed by atoms with Crippen molar-refractivity contribution in [3.05, 3.63) is 53.3 Å². The van der Waals surface area contributed by atoms with Gasteiger partial charge in [-0.15, -0.1) is 0 Å². The highest BCUT2D eigenvalue weighted by Crippen LogP contribution is 2.36. The van der Waals surface area contributed by atoms with E-state index in [2.05, 4.69) is 5.32 Å². The predicted octanol–water partition coefficient (Wildman–Crippen LogP) is 2.92. The van der Waals surface area contributed by atoms with Gasteiger partial charge in [-0.25, -0.2) is 4.79 Å². The molecule has 33 heavy (non-hydrogen) atoms. The number of amides is 1. The molecule has 0 aliphatic carbocycles. The van der Waals surface area contributed by atoms with Gasteiger partial charge in [-0.2, -0.15) is 0 Å². The Kier molecular flexibility index (Phi) is 7.22. The van der Waals surface area contributed by atoms with E-state index in [0.717, 1.165) is 0 Å². The van der Waals surface area contributed by atoms with Crippen LogP contribution in [-0.4, -0.2) is 49.6 Å². The highest BCUT2D eigenvalue weighted by atomic mass is 16.5. The fraction of sp³-hybridized carbons (Fsp3) is 0.292. The van der Waals surface area contributed by atoms with Crippen molar-refractivity contribution >= 4 is 23.7 Å². The first kappa shape index (κ1) is 23.6. The molecule has 174 valence electrons. The average Bonchev–Trinajstić information content (AvgIpc) is 3.09. The summed E-state index contributed by atoms with van der Waals surface area (Å²) in [7, 11) is 3.06. The van der Waals surface area contributed by atoms with Crippen LogP contribution in [0.25, 0.3) is 6.08 Å². The van der Waals surface area contributed by atoms with E-state index in [1.807, 2.05) is 0 Å². The van der Waals surface area contributed by atoms with E-state index < -0.39 is 17.9 Å². The van der Waals surface area contributed by atoms with Crippen LogP contribution in [0, 0.1) is 5.92 Å². The second-order valence-electron chi connectivity index (χ2n) is 7.63. The molecule has 1 aliphatic rings. The number of methoxy groups -OCH3 is 2. The van der Waals surface area contributed by atoms with Gasteiger partial charge in [0.05, 0.1) is 19.8 Å². The number of allylic oxidation sites excluding steroid dienone is 1.